The molecule has 0 bridgehead atoms. The Bertz CT molecular complexity index is 507. The molecule has 0 saturated carbocycles. The third-order valence-corrected chi connectivity index (χ3v) is 2.75. The van der Waals surface area contributed by atoms with E-state index in [0.29, 0.717) is 18.2 Å². The lowest BCUT2D eigenvalue weighted by Crippen LogP contribution is -2.73. The summed E-state index contributed by atoms with van der Waals surface area (Å²) in [7, 11) is 2.81. The molecule has 1 unspecified atom stereocenters. The predicted molar refractivity (Wildman–Crippen MR) is 68.1 cm³/mol. The summed E-state index contributed by atoms with van der Waals surface area (Å²) in [6.45, 7) is 0.598. The van der Waals surface area contributed by atoms with Gasteiger partial charge in [-0.2, -0.15) is 0 Å². The minimum absolute atomic E-state index is 0.297. The summed E-state index contributed by atoms with van der Waals surface area (Å²) >= 11 is 0. The van der Waals surface area contributed by atoms with Gasteiger partial charge in [0, 0.05) is 5.56 Å². The highest BCUT2D eigenvalue weighted by atomic mass is 16.7. The minimum Gasteiger partial charge on any atom is -0.469 e. The van der Waals surface area contributed by atoms with Crippen molar-refractivity contribution in [2.75, 3.05) is 14.2 Å². The van der Waals surface area contributed by atoms with Crippen molar-refractivity contribution in [3.8, 4) is 0 Å². The van der Waals surface area contributed by atoms with E-state index in [1.807, 2.05) is 30.3 Å². The predicted octanol–water partition coefficient (Wildman–Crippen LogP) is -0.232. The lowest BCUT2D eigenvalue weighted by molar-refractivity contribution is -0.476. The van der Waals surface area contributed by atoms with E-state index in [4.69, 9.17) is 14.2 Å². The van der Waals surface area contributed by atoms with Crippen LogP contribution in [0.15, 0.2) is 42.4 Å². The van der Waals surface area contributed by atoms with Crippen molar-refractivity contribution in [3.63, 3.8) is 0 Å². The molecule has 0 aromatic heterocycles. The Morgan fingerprint density at radius 3 is 2.68 bits per heavy atom. The summed E-state index contributed by atoms with van der Waals surface area (Å²) < 4.78 is 15.0. The van der Waals surface area contributed by atoms with E-state index >= 15 is 0 Å². The van der Waals surface area contributed by atoms with E-state index < -0.39 is 12.1 Å². The number of benzene rings is 1. The van der Waals surface area contributed by atoms with E-state index in [1.165, 1.54) is 14.2 Å². The van der Waals surface area contributed by atoms with Crippen molar-refractivity contribution < 1.29 is 24.0 Å². The van der Waals surface area contributed by atoms with Gasteiger partial charge in [0.15, 0.2) is 6.54 Å². The Kier molecular flexibility index (Phi) is 4.18. The molecule has 0 radical (unpaired) electrons. The highest BCUT2D eigenvalue weighted by Gasteiger charge is 2.37. The molecule has 0 amide bonds. The van der Waals surface area contributed by atoms with Crippen LogP contribution in [0.25, 0.3) is 0 Å². The number of ether oxygens (including phenoxy) is 3. The first kappa shape index (κ1) is 13.1. The Morgan fingerprint density at radius 1 is 1.32 bits per heavy atom. The molecule has 0 spiro atoms. The second-order valence-electron chi connectivity index (χ2n) is 3.98. The van der Waals surface area contributed by atoms with Crippen molar-refractivity contribution in [1.82, 2.24) is 0 Å². The highest BCUT2D eigenvalue weighted by Crippen LogP contribution is 2.14. The molecule has 0 fully saturated rings. The Labute approximate surface area is 111 Å². The summed E-state index contributed by atoms with van der Waals surface area (Å²) in [5.41, 5.74) is 1.74. The average Bonchev–Trinajstić information content (AvgIpc) is 2.88. The van der Waals surface area contributed by atoms with Gasteiger partial charge < -0.3 is 14.2 Å². The van der Waals surface area contributed by atoms with Crippen LogP contribution in [0.2, 0.25) is 0 Å². The fourth-order valence-corrected chi connectivity index (χ4v) is 1.75. The van der Waals surface area contributed by atoms with Crippen LogP contribution in [-0.4, -0.2) is 32.0 Å². The van der Waals surface area contributed by atoms with Gasteiger partial charge in [-0.05, 0) is 0 Å². The van der Waals surface area contributed by atoms with E-state index in [9.17, 15) is 4.79 Å². The van der Waals surface area contributed by atoms with Crippen LogP contribution in [0.3, 0.4) is 0 Å². The molecule has 1 aliphatic heterocycles. The van der Waals surface area contributed by atoms with Crippen molar-refractivity contribution in [1.29, 1.82) is 0 Å². The van der Waals surface area contributed by atoms with Crippen LogP contribution in [0.4, 0.5) is 0 Å². The topological polar surface area (TPSA) is 58.7 Å². The molecule has 1 aromatic rings. The quantitative estimate of drug-likeness (QED) is 0.761. The molecule has 1 heterocycles. The number of carbonyl (C=O) groups excluding carboxylic acids is 1. The number of methoxy groups -OCH3 is 2. The molecule has 1 aromatic carbocycles. The normalized spacial score (nSPS) is 19.8. The van der Waals surface area contributed by atoms with Crippen molar-refractivity contribution in [2.24, 2.45) is 0 Å². The summed E-state index contributed by atoms with van der Waals surface area (Å²) in [5, 5.41) is 0. The molecule has 5 heteroatoms. The third kappa shape index (κ3) is 3.13. The number of rotatable bonds is 4. The van der Waals surface area contributed by atoms with Gasteiger partial charge in [0.25, 0.3) is 12.0 Å². The van der Waals surface area contributed by atoms with Crippen LogP contribution in [0.5, 0.6) is 0 Å². The molecule has 1 N–H and O–H groups in total. The first-order valence-electron chi connectivity index (χ1n) is 5.89. The van der Waals surface area contributed by atoms with Crippen LogP contribution < -0.4 is 4.99 Å². The third-order valence-electron chi connectivity index (χ3n) is 2.75. The summed E-state index contributed by atoms with van der Waals surface area (Å²) in [4.78, 5) is 14.8. The molecular weight excluding hydrogens is 246 g/mol. The maximum Gasteiger partial charge on any atom is 0.358 e. The number of hydrogen-bond donors (Lipinski definition) is 1. The Balaban J connectivity index is 2.14. The zero-order valence-corrected chi connectivity index (χ0v) is 10.9. The fourth-order valence-electron chi connectivity index (χ4n) is 1.75. The zero-order valence-electron chi connectivity index (χ0n) is 10.9. The smallest absolute Gasteiger partial charge is 0.358 e. The lowest BCUT2D eigenvalue weighted by atomic mass is 10.2. The highest BCUT2D eigenvalue weighted by molar-refractivity contribution is 6.09. The number of nitrogens with one attached hydrogen (secondary N) is 1. The summed E-state index contributed by atoms with van der Waals surface area (Å²) in [6.07, 6.45) is 0.869. The van der Waals surface area contributed by atoms with Gasteiger partial charge in [0.1, 0.15) is 0 Å². The van der Waals surface area contributed by atoms with Crippen molar-refractivity contribution in [2.45, 2.75) is 12.6 Å². The number of carbonyl (C=O) groups is 1. The van der Waals surface area contributed by atoms with Crippen molar-refractivity contribution in [3.05, 3.63) is 47.9 Å². The standard InChI is InChI=1S/C14H15NO4/c1-17-12-8-11(13(19-12)14(16)18-2)15-9-10-6-4-3-5-7-10/h3-8,13H,9H2,1-2H3/p+1. The van der Waals surface area contributed by atoms with Gasteiger partial charge in [-0.15, -0.1) is 0 Å². The molecule has 19 heavy (non-hydrogen) atoms. The lowest BCUT2D eigenvalue weighted by Gasteiger charge is -2.07. The van der Waals surface area contributed by atoms with Crippen LogP contribution in [0, 0.1) is 0 Å². The molecule has 0 saturated heterocycles. The van der Waals surface area contributed by atoms with Gasteiger partial charge in [0.2, 0.25) is 5.71 Å². The number of hydrogen-bond acceptors (Lipinski definition) is 4. The van der Waals surface area contributed by atoms with Crippen molar-refractivity contribution >= 4 is 11.7 Å². The molecule has 100 valence electrons. The van der Waals surface area contributed by atoms with Crippen LogP contribution in [0.1, 0.15) is 5.56 Å². The average molecular weight is 262 g/mol. The fraction of sp³-hybridized carbons (Fsp3) is 0.286. The summed E-state index contributed by atoms with van der Waals surface area (Å²) in [5.74, 6) is -0.162. The van der Waals surface area contributed by atoms with Gasteiger partial charge >= 0.3 is 5.97 Å². The maximum atomic E-state index is 11.6. The van der Waals surface area contributed by atoms with Gasteiger partial charge in [-0.1, -0.05) is 30.3 Å². The van der Waals surface area contributed by atoms with Gasteiger partial charge in [-0.25, -0.2) is 9.79 Å². The minimum atomic E-state index is -0.788. The second kappa shape index (κ2) is 6.04. The van der Waals surface area contributed by atoms with E-state index in [-0.39, 0.29) is 0 Å². The summed E-state index contributed by atoms with van der Waals surface area (Å²) in [6, 6.07) is 9.87. The molecule has 2 rings (SSSR count). The van der Waals surface area contributed by atoms with E-state index in [1.54, 1.807) is 6.08 Å². The molecule has 5 nitrogen and oxygen atoms in total. The zero-order chi connectivity index (χ0) is 13.7. The SMILES string of the molecule is COC(=O)C1OC(OC)=CC1=[NH+]Cc1ccccc1. The Hall–Kier alpha value is -2.30. The molecular formula is C14H16NO4+. The molecule has 1 atom stereocenters. The first-order chi connectivity index (χ1) is 9.24. The van der Waals surface area contributed by atoms with Crippen LogP contribution >= 0.6 is 0 Å². The molecule has 1 aliphatic rings. The largest absolute Gasteiger partial charge is 0.469 e. The molecule has 0 aliphatic carbocycles. The second-order valence-corrected chi connectivity index (χ2v) is 3.98. The van der Waals surface area contributed by atoms with Gasteiger partial charge in [0.05, 0.1) is 20.3 Å². The van der Waals surface area contributed by atoms with E-state index in [2.05, 4.69) is 4.99 Å². The van der Waals surface area contributed by atoms with Gasteiger partial charge in [-0.3, -0.25) is 0 Å². The monoisotopic (exact) mass is 262 g/mol. The maximum absolute atomic E-state index is 11.6. The number of esters is 1. The Morgan fingerprint density at radius 2 is 2.05 bits per heavy atom. The first-order valence-corrected chi connectivity index (χ1v) is 5.89. The van der Waals surface area contributed by atoms with Crippen LogP contribution in [-0.2, 0) is 25.5 Å². The van der Waals surface area contributed by atoms with E-state index in [0.717, 1.165) is 5.56 Å².